The first-order chi connectivity index (χ1) is 7.95. The summed E-state index contributed by atoms with van der Waals surface area (Å²) in [5.41, 5.74) is 5.39. The summed E-state index contributed by atoms with van der Waals surface area (Å²) in [5.74, 6) is -0.575. The highest BCUT2D eigenvalue weighted by Gasteiger charge is 2.17. The summed E-state index contributed by atoms with van der Waals surface area (Å²) in [4.78, 5) is 10.6. The smallest absolute Gasteiger partial charge is 0.231 e. The molecule has 1 unspecified atom stereocenters. The van der Waals surface area contributed by atoms with Gasteiger partial charge in [-0.2, -0.15) is 5.26 Å². The van der Waals surface area contributed by atoms with E-state index >= 15 is 0 Å². The molecule has 0 aromatic heterocycles. The van der Waals surface area contributed by atoms with Gasteiger partial charge in [0.15, 0.2) is 0 Å². The monoisotopic (exact) mass is 291 g/mol. The Hall–Kier alpha value is -0.990. The Kier molecular flexibility index (Phi) is 5.03. The Morgan fingerprint density at radius 3 is 2.65 bits per heavy atom. The van der Waals surface area contributed by atoms with Crippen molar-refractivity contribution in [3.8, 4) is 6.07 Å². The first-order valence-corrected chi connectivity index (χ1v) is 5.65. The molecule has 7 heteroatoms. The van der Waals surface area contributed by atoms with E-state index in [1.54, 1.807) is 0 Å². The van der Waals surface area contributed by atoms with Gasteiger partial charge in [0.1, 0.15) is 6.04 Å². The van der Waals surface area contributed by atoms with Crippen LogP contribution in [0.4, 0.5) is 0 Å². The number of halogens is 3. The summed E-state index contributed by atoms with van der Waals surface area (Å²) in [5, 5.41) is 12.5. The molecule has 1 amide bonds. The highest BCUT2D eigenvalue weighted by molar-refractivity contribution is 6.43. The molecule has 0 saturated carbocycles. The van der Waals surface area contributed by atoms with Crippen LogP contribution in [-0.4, -0.2) is 12.5 Å². The summed E-state index contributed by atoms with van der Waals surface area (Å²) in [6.07, 6.45) is 0. The first-order valence-electron chi connectivity index (χ1n) is 4.51. The van der Waals surface area contributed by atoms with Gasteiger partial charge in [0.25, 0.3) is 0 Å². The van der Waals surface area contributed by atoms with E-state index in [1.807, 2.05) is 6.07 Å². The Labute approximate surface area is 113 Å². The lowest BCUT2D eigenvalue weighted by molar-refractivity contribution is -0.117. The number of rotatable bonds is 4. The van der Waals surface area contributed by atoms with E-state index in [2.05, 4.69) is 5.32 Å². The Morgan fingerprint density at radius 1 is 1.47 bits per heavy atom. The molecule has 1 aromatic carbocycles. The average molecular weight is 293 g/mol. The Morgan fingerprint density at radius 2 is 2.12 bits per heavy atom. The third-order valence-electron chi connectivity index (χ3n) is 1.94. The van der Waals surface area contributed by atoms with Crippen molar-refractivity contribution >= 4 is 40.7 Å². The van der Waals surface area contributed by atoms with Gasteiger partial charge in [-0.25, -0.2) is 0 Å². The molecule has 1 aromatic rings. The van der Waals surface area contributed by atoms with Crippen molar-refractivity contribution in [3.63, 3.8) is 0 Å². The second kappa shape index (κ2) is 6.08. The maximum absolute atomic E-state index is 10.6. The van der Waals surface area contributed by atoms with E-state index in [0.717, 1.165) is 0 Å². The van der Waals surface area contributed by atoms with Crippen molar-refractivity contribution in [1.29, 1.82) is 5.26 Å². The summed E-state index contributed by atoms with van der Waals surface area (Å²) < 4.78 is 0. The SMILES string of the molecule is N#CC(NCC(N)=O)c1cc(Cl)cc(Cl)c1Cl. The molecule has 4 nitrogen and oxygen atoms in total. The standard InChI is InChI=1S/C10H8Cl3N3O/c11-5-1-6(10(13)7(12)2-5)8(3-14)16-4-9(15)17/h1-2,8,16H,4H2,(H2,15,17). The number of hydrogen-bond donors (Lipinski definition) is 2. The second-order valence-electron chi connectivity index (χ2n) is 3.20. The van der Waals surface area contributed by atoms with Crippen molar-refractivity contribution < 1.29 is 4.79 Å². The number of hydrogen-bond acceptors (Lipinski definition) is 3. The topological polar surface area (TPSA) is 78.9 Å². The number of nitriles is 1. The fraction of sp³-hybridized carbons (Fsp3) is 0.200. The van der Waals surface area contributed by atoms with Crippen molar-refractivity contribution in [1.82, 2.24) is 5.32 Å². The fourth-order valence-electron chi connectivity index (χ4n) is 1.21. The number of carbonyl (C=O) groups excluding carboxylic acids is 1. The maximum Gasteiger partial charge on any atom is 0.231 e. The van der Waals surface area contributed by atoms with E-state index < -0.39 is 11.9 Å². The number of amides is 1. The normalized spacial score (nSPS) is 11.9. The summed E-state index contributed by atoms with van der Waals surface area (Å²) in [6, 6.07) is 4.13. The zero-order valence-corrected chi connectivity index (χ0v) is 10.8. The third-order valence-corrected chi connectivity index (χ3v) is 2.98. The number of carbonyl (C=O) groups is 1. The molecule has 1 rings (SSSR count). The molecular weight excluding hydrogens is 284 g/mol. The van der Waals surface area contributed by atoms with Crippen LogP contribution in [0.15, 0.2) is 12.1 Å². The minimum atomic E-state index is -0.800. The molecule has 0 spiro atoms. The predicted molar refractivity (Wildman–Crippen MR) is 67.0 cm³/mol. The minimum Gasteiger partial charge on any atom is -0.369 e. The molecule has 0 saturated heterocycles. The van der Waals surface area contributed by atoms with Crippen LogP contribution in [0, 0.1) is 11.3 Å². The maximum atomic E-state index is 10.6. The second-order valence-corrected chi connectivity index (χ2v) is 4.42. The van der Waals surface area contributed by atoms with E-state index in [-0.39, 0.29) is 16.6 Å². The van der Waals surface area contributed by atoms with Gasteiger partial charge in [0.05, 0.1) is 22.7 Å². The van der Waals surface area contributed by atoms with Crippen molar-refractivity contribution in [2.75, 3.05) is 6.54 Å². The van der Waals surface area contributed by atoms with Crippen LogP contribution >= 0.6 is 34.8 Å². The molecule has 3 N–H and O–H groups in total. The van der Waals surface area contributed by atoms with Crippen molar-refractivity contribution in [2.45, 2.75) is 6.04 Å². The lowest BCUT2D eigenvalue weighted by atomic mass is 10.1. The summed E-state index contributed by atoms with van der Waals surface area (Å²) in [6.45, 7) is -0.140. The molecule has 0 bridgehead atoms. The van der Waals surface area contributed by atoms with Crippen molar-refractivity contribution in [3.05, 3.63) is 32.8 Å². The van der Waals surface area contributed by atoms with E-state index in [1.165, 1.54) is 12.1 Å². The Bertz CT molecular complexity index is 484. The molecule has 1 atom stereocenters. The van der Waals surface area contributed by atoms with Crippen molar-refractivity contribution in [2.24, 2.45) is 5.73 Å². The number of nitrogens with zero attached hydrogens (tertiary/aromatic N) is 1. The zero-order valence-electron chi connectivity index (χ0n) is 8.51. The van der Waals surface area contributed by atoms with E-state index in [9.17, 15) is 4.79 Å². The number of nitrogens with one attached hydrogen (secondary N) is 1. The Balaban J connectivity index is 3.04. The molecule has 0 aliphatic rings. The van der Waals surface area contributed by atoms with Crippen LogP contribution in [0.25, 0.3) is 0 Å². The number of nitrogens with two attached hydrogens (primary N) is 1. The van der Waals surface area contributed by atoms with Gasteiger partial charge >= 0.3 is 0 Å². The highest BCUT2D eigenvalue weighted by Crippen LogP contribution is 2.33. The van der Waals surface area contributed by atoms with Gasteiger partial charge in [-0.1, -0.05) is 34.8 Å². The van der Waals surface area contributed by atoms with Gasteiger partial charge in [-0.15, -0.1) is 0 Å². The molecule has 0 aliphatic heterocycles. The van der Waals surface area contributed by atoms with E-state index in [0.29, 0.717) is 10.6 Å². The van der Waals surface area contributed by atoms with Gasteiger partial charge in [-0.05, 0) is 12.1 Å². The fourth-order valence-corrected chi connectivity index (χ4v) is 1.94. The van der Waals surface area contributed by atoms with Crippen LogP contribution < -0.4 is 11.1 Å². The van der Waals surface area contributed by atoms with Gasteiger partial charge in [0, 0.05) is 10.6 Å². The van der Waals surface area contributed by atoms with Crippen LogP contribution in [-0.2, 0) is 4.79 Å². The predicted octanol–water partition coefficient (Wildman–Crippen LogP) is 2.29. The van der Waals surface area contributed by atoms with Crippen LogP contribution in [0.3, 0.4) is 0 Å². The quantitative estimate of drug-likeness (QED) is 0.836. The highest BCUT2D eigenvalue weighted by atomic mass is 35.5. The lowest BCUT2D eigenvalue weighted by Gasteiger charge is -2.13. The van der Waals surface area contributed by atoms with Crippen LogP contribution in [0.5, 0.6) is 0 Å². The largest absolute Gasteiger partial charge is 0.369 e. The molecule has 0 heterocycles. The first kappa shape index (κ1) is 14.1. The lowest BCUT2D eigenvalue weighted by Crippen LogP contribution is -2.31. The molecule has 90 valence electrons. The number of benzene rings is 1. The molecule has 0 aliphatic carbocycles. The van der Waals surface area contributed by atoms with Gasteiger partial charge < -0.3 is 5.73 Å². The summed E-state index contributed by atoms with van der Waals surface area (Å²) in [7, 11) is 0. The molecule has 0 radical (unpaired) electrons. The molecular formula is C10H8Cl3N3O. The van der Waals surface area contributed by atoms with E-state index in [4.69, 9.17) is 45.8 Å². The summed E-state index contributed by atoms with van der Waals surface area (Å²) >= 11 is 17.6. The molecule has 0 fully saturated rings. The van der Waals surface area contributed by atoms with Gasteiger partial charge in [-0.3, -0.25) is 10.1 Å². The molecule has 17 heavy (non-hydrogen) atoms. The van der Waals surface area contributed by atoms with Crippen LogP contribution in [0.2, 0.25) is 15.1 Å². The van der Waals surface area contributed by atoms with Crippen LogP contribution in [0.1, 0.15) is 11.6 Å². The minimum absolute atomic E-state index is 0.140. The average Bonchev–Trinajstić information content (AvgIpc) is 2.25. The number of primary amides is 1. The zero-order chi connectivity index (χ0) is 13.0. The van der Waals surface area contributed by atoms with Gasteiger partial charge in [0.2, 0.25) is 5.91 Å². The third kappa shape index (κ3) is 3.76.